The molecule has 0 aromatic carbocycles. The van der Waals surface area contributed by atoms with Crippen molar-refractivity contribution >= 4 is 52.2 Å². The van der Waals surface area contributed by atoms with Crippen LogP contribution in [-0.2, 0) is 4.79 Å². The summed E-state index contributed by atoms with van der Waals surface area (Å²) in [6.07, 6.45) is 4.32. The van der Waals surface area contributed by atoms with Crippen molar-refractivity contribution in [1.82, 2.24) is 9.97 Å². The van der Waals surface area contributed by atoms with Crippen LogP contribution in [0.5, 0.6) is 0 Å². The molecule has 7 heteroatoms. The van der Waals surface area contributed by atoms with E-state index in [1.165, 1.54) is 23.7 Å². The van der Waals surface area contributed by atoms with Gasteiger partial charge in [0.1, 0.15) is 12.0 Å². The van der Waals surface area contributed by atoms with Crippen molar-refractivity contribution < 1.29 is 4.79 Å². The van der Waals surface area contributed by atoms with Crippen LogP contribution < -0.4 is 5.32 Å². The molecule has 0 aliphatic carbocycles. The first-order valence-corrected chi connectivity index (χ1v) is 6.49. The van der Waals surface area contributed by atoms with Gasteiger partial charge in [-0.2, -0.15) is 0 Å². The number of amides is 1. The summed E-state index contributed by atoms with van der Waals surface area (Å²) in [5.74, 6) is -0.345. The first kappa shape index (κ1) is 13.0. The van der Waals surface area contributed by atoms with Crippen LogP contribution in [0.1, 0.15) is 4.88 Å². The van der Waals surface area contributed by atoms with Gasteiger partial charge in [0.15, 0.2) is 10.3 Å². The molecule has 0 saturated carbocycles. The third-order valence-electron chi connectivity index (χ3n) is 1.95. The van der Waals surface area contributed by atoms with Gasteiger partial charge >= 0.3 is 0 Å². The summed E-state index contributed by atoms with van der Waals surface area (Å²) in [7, 11) is 0. The fourth-order valence-electron chi connectivity index (χ4n) is 1.16. The van der Waals surface area contributed by atoms with E-state index in [1.54, 1.807) is 6.08 Å². The van der Waals surface area contributed by atoms with E-state index < -0.39 is 0 Å². The number of anilines is 1. The molecular weight excluding hydrogens is 293 g/mol. The molecule has 0 aliphatic rings. The molecule has 2 aromatic heterocycles. The Labute approximate surface area is 117 Å². The molecule has 0 unspecified atom stereocenters. The van der Waals surface area contributed by atoms with Crippen molar-refractivity contribution in [2.75, 3.05) is 5.32 Å². The highest BCUT2D eigenvalue weighted by atomic mass is 35.5. The number of aromatic nitrogens is 2. The van der Waals surface area contributed by atoms with Crippen LogP contribution in [0, 0.1) is 0 Å². The van der Waals surface area contributed by atoms with Crippen LogP contribution in [0.2, 0.25) is 10.3 Å². The number of nitrogens with zero attached hydrogens (tertiary/aromatic N) is 2. The molecule has 92 valence electrons. The van der Waals surface area contributed by atoms with Crippen LogP contribution in [0.3, 0.4) is 0 Å². The maximum atomic E-state index is 11.6. The maximum absolute atomic E-state index is 11.6. The quantitative estimate of drug-likeness (QED) is 0.697. The van der Waals surface area contributed by atoms with Crippen LogP contribution in [0.25, 0.3) is 6.08 Å². The third kappa shape index (κ3) is 3.29. The SMILES string of the molecule is O=C(/C=C/c1cccs1)Nc1c(Cl)ncnc1Cl. The normalized spacial score (nSPS) is 10.8. The van der Waals surface area contributed by atoms with Gasteiger partial charge in [0, 0.05) is 11.0 Å². The van der Waals surface area contributed by atoms with E-state index in [4.69, 9.17) is 23.2 Å². The zero-order chi connectivity index (χ0) is 13.0. The second-order valence-corrected chi connectivity index (χ2v) is 4.86. The Kier molecular flexibility index (Phi) is 4.30. The summed E-state index contributed by atoms with van der Waals surface area (Å²) in [4.78, 5) is 20.1. The van der Waals surface area contributed by atoms with Gasteiger partial charge in [-0.1, -0.05) is 29.3 Å². The first-order chi connectivity index (χ1) is 8.66. The highest BCUT2D eigenvalue weighted by molar-refractivity contribution is 7.10. The summed E-state index contributed by atoms with van der Waals surface area (Å²) in [6, 6.07) is 3.81. The summed E-state index contributed by atoms with van der Waals surface area (Å²) >= 11 is 13.1. The van der Waals surface area contributed by atoms with Crippen molar-refractivity contribution in [3.8, 4) is 0 Å². The zero-order valence-electron chi connectivity index (χ0n) is 8.93. The highest BCUT2D eigenvalue weighted by Crippen LogP contribution is 2.25. The van der Waals surface area contributed by atoms with Crippen molar-refractivity contribution in [1.29, 1.82) is 0 Å². The minimum Gasteiger partial charge on any atom is -0.317 e. The molecule has 2 rings (SSSR count). The van der Waals surface area contributed by atoms with Crippen molar-refractivity contribution in [3.05, 3.63) is 45.1 Å². The maximum Gasteiger partial charge on any atom is 0.248 e. The number of nitrogens with one attached hydrogen (secondary N) is 1. The number of thiophene rings is 1. The third-order valence-corrected chi connectivity index (χ3v) is 3.36. The Morgan fingerprint density at radius 2 is 2.06 bits per heavy atom. The Morgan fingerprint density at radius 3 is 2.67 bits per heavy atom. The molecule has 2 aromatic rings. The number of halogens is 2. The molecule has 18 heavy (non-hydrogen) atoms. The minimum atomic E-state index is -0.345. The number of hydrogen-bond acceptors (Lipinski definition) is 4. The monoisotopic (exact) mass is 299 g/mol. The van der Waals surface area contributed by atoms with E-state index in [-0.39, 0.29) is 21.9 Å². The second kappa shape index (κ2) is 5.95. The average Bonchev–Trinajstić information content (AvgIpc) is 2.84. The topological polar surface area (TPSA) is 54.9 Å². The summed E-state index contributed by atoms with van der Waals surface area (Å²) in [5.41, 5.74) is 0.210. The van der Waals surface area contributed by atoms with Gasteiger partial charge in [-0.15, -0.1) is 11.3 Å². The molecule has 1 N–H and O–H groups in total. The molecule has 4 nitrogen and oxygen atoms in total. The molecule has 0 aliphatic heterocycles. The second-order valence-electron chi connectivity index (χ2n) is 3.17. The first-order valence-electron chi connectivity index (χ1n) is 4.85. The van der Waals surface area contributed by atoms with Crippen LogP contribution in [0.15, 0.2) is 29.9 Å². The number of carbonyl (C=O) groups excluding carboxylic acids is 1. The van der Waals surface area contributed by atoms with Crippen molar-refractivity contribution in [2.24, 2.45) is 0 Å². The van der Waals surface area contributed by atoms with Crippen LogP contribution in [0.4, 0.5) is 5.69 Å². The van der Waals surface area contributed by atoms with E-state index >= 15 is 0 Å². The smallest absolute Gasteiger partial charge is 0.248 e. The van der Waals surface area contributed by atoms with Gasteiger partial charge in [-0.3, -0.25) is 4.79 Å². The molecule has 0 atom stereocenters. The summed E-state index contributed by atoms with van der Waals surface area (Å²) in [6.45, 7) is 0. The van der Waals surface area contributed by atoms with Crippen LogP contribution >= 0.6 is 34.5 Å². The largest absolute Gasteiger partial charge is 0.317 e. The van der Waals surface area contributed by atoms with E-state index in [0.717, 1.165) is 4.88 Å². The molecule has 0 fully saturated rings. The molecule has 0 spiro atoms. The molecule has 0 bridgehead atoms. The van der Waals surface area contributed by atoms with E-state index in [9.17, 15) is 4.79 Å². The van der Waals surface area contributed by atoms with E-state index in [1.807, 2.05) is 17.5 Å². The van der Waals surface area contributed by atoms with Gasteiger partial charge in [-0.25, -0.2) is 9.97 Å². The lowest BCUT2D eigenvalue weighted by atomic mass is 10.4. The number of carbonyl (C=O) groups is 1. The predicted octanol–water partition coefficient (Wildman–Crippen LogP) is 3.50. The molecular formula is C11H7Cl2N3OS. The summed E-state index contributed by atoms with van der Waals surface area (Å²) in [5, 5.41) is 4.67. The van der Waals surface area contributed by atoms with Gasteiger partial charge in [0.2, 0.25) is 5.91 Å². The Bertz CT molecular complexity index is 564. The standard InChI is InChI=1S/C11H7Cl2N3OS/c12-10-9(11(13)15-6-14-10)16-8(17)4-3-7-2-1-5-18-7/h1-6H,(H,16,17)/b4-3+. The van der Waals surface area contributed by atoms with E-state index in [0.29, 0.717) is 0 Å². The van der Waals surface area contributed by atoms with E-state index in [2.05, 4.69) is 15.3 Å². The lowest BCUT2D eigenvalue weighted by Crippen LogP contribution is -2.09. The van der Waals surface area contributed by atoms with Gasteiger partial charge in [0.05, 0.1) is 0 Å². The fraction of sp³-hybridized carbons (Fsp3) is 0. The molecule has 2 heterocycles. The highest BCUT2D eigenvalue weighted by Gasteiger charge is 2.09. The van der Waals surface area contributed by atoms with Gasteiger partial charge < -0.3 is 5.32 Å². The van der Waals surface area contributed by atoms with Crippen molar-refractivity contribution in [2.45, 2.75) is 0 Å². The number of rotatable bonds is 3. The van der Waals surface area contributed by atoms with Gasteiger partial charge in [-0.05, 0) is 17.5 Å². The lowest BCUT2D eigenvalue weighted by molar-refractivity contribution is -0.111. The predicted molar refractivity (Wildman–Crippen MR) is 74.0 cm³/mol. The van der Waals surface area contributed by atoms with Crippen LogP contribution in [-0.4, -0.2) is 15.9 Å². The molecule has 0 radical (unpaired) electrons. The Balaban J connectivity index is 2.08. The zero-order valence-corrected chi connectivity index (χ0v) is 11.3. The molecule has 1 amide bonds. The lowest BCUT2D eigenvalue weighted by Gasteiger charge is -2.04. The fourth-order valence-corrected chi connectivity index (χ4v) is 2.18. The Hall–Kier alpha value is -1.43. The van der Waals surface area contributed by atoms with Crippen molar-refractivity contribution in [3.63, 3.8) is 0 Å². The molecule has 0 saturated heterocycles. The average molecular weight is 300 g/mol. The number of hydrogen-bond donors (Lipinski definition) is 1. The summed E-state index contributed by atoms with van der Waals surface area (Å²) < 4.78 is 0. The minimum absolute atomic E-state index is 0.105. The van der Waals surface area contributed by atoms with Gasteiger partial charge in [0.25, 0.3) is 0 Å². The Morgan fingerprint density at radius 1 is 1.33 bits per heavy atom.